The predicted octanol–water partition coefficient (Wildman–Crippen LogP) is 0.397. The van der Waals surface area contributed by atoms with Gasteiger partial charge >= 0.3 is 0 Å². The van der Waals surface area contributed by atoms with Gasteiger partial charge in [-0.05, 0) is 49.4 Å². The fraction of sp³-hybridized carbons (Fsp3) is 0.364. The number of nitrogens with one attached hydrogen (secondary N) is 3. The Hall–Kier alpha value is -3.82. The first kappa shape index (κ1) is 20.1. The summed E-state index contributed by atoms with van der Waals surface area (Å²) in [7, 11) is 0. The predicted molar refractivity (Wildman–Crippen MR) is 113 cm³/mol. The van der Waals surface area contributed by atoms with E-state index in [1.54, 1.807) is 24.4 Å². The Kier molecular flexibility index (Phi) is 4.47. The Morgan fingerprint density at radius 2 is 1.91 bits per heavy atom. The first-order valence-electron chi connectivity index (χ1n) is 10.4. The van der Waals surface area contributed by atoms with Gasteiger partial charge < -0.3 is 16.4 Å². The number of aromatic nitrogens is 2. The molecular formula is C22H22N6O4. The van der Waals surface area contributed by atoms with Gasteiger partial charge in [0.05, 0.1) is 0 Å². The molecule has 2 aromatic rings. The highest BCUT2D eigenvalue weighted by Gasteiger charge is 2.69. The largest absolute Gasteiger partial charge is 0.365 e. The number of nitrogens with two attached hydrogens (primary N) is 1. The molecule has 3 heterocycles. The Bertz CT molecular complexity index is 1140. The first-order chi connectivity index (χ1) is 15.3. The van der Waals surface area contributed by atoms with Gasteiger partial charge in [-0.25, -0.2) is 4.98 Å². The molecule has 10 nitrogen and oxygen atoms in total. The number of amides is 4. The van der Waals surface area contributed by atoms with Gasteiger partial charge in [-0.15, -0.1) is 0 Å². The Morgan fingerprint density at radius 1 is 1.12 bits per heavy atom. The van der Waals surface area contributed by atoms with E-state index in [1.165, 1.54) is 0 Å². The topological polar surface area (TPSA) is 156 Å². The summed E-state index contributed by atoms with van der Waals surface area (Å²) in [5.74, 6) is -1.28. The van der Waals surface area contributed by atoms with E-state index >= 15 is 0 Å². The zero-order valence-corrected chi connectivity index (χ0v) is 17.2. The molecule has 3 saturated carbocycles. The van der Waals surface area contributed by atoms with E-state index in [0.717, 1.165) is 24.8 Å². The second-order valence-electron chi connectivity index (χ2n) is 8.87. The average molecular weight is 434 g/mol. The van der Waals surface area contributed by atoms with Crippen molar-refractivity contribution in [2.45, 2.75) is 49.1 Å². The average Bonchev–Trinajstić information content (AvgIpc) is 2.72. The third-order valence-electron chi connectivity index (χ3n) is 6.56. The van der Waals surface area contributed by atoms with Crippen LogP contribution in [0.15, 0.2) is 36.5 Å². The summed E-state index contributed by atoms with van der Waals surface area (Å²) in [6.07, 6.45) is 4.48. The van der Waals surface area contributed by atoms with E-state index in [1.807, 2.05) is 12.1 Å². The normalized spacial score (nSPS) is 28.1. The van der Waals surface area contributed by atoms with E-state index < -0.39 is 23.8 Å². The van der Waals surface area contributed by atoms with E-state index in [0.29, 0.717) is 11.5 Å². The lowest BCUT2D eigenvalue weighted by atomic mass is 9.37. The van der Waals surface area contributed by atoms with Crippen molar-refractivity contribution in [2.75, 3.05) is 5.32 Å². The van der Waals surface area contributed by atoms with Crippen molar-refractivity contribution in [3.8, 4) is 0 Å². The lowest BCUT2D eigenvalue weighted by Gasteiger charge is -2.71. The Balaban J connectivity index is 1.24. The van der Waals surface area contributed by atoms with Crippen LogP contribution in [0, 0.1) is 0 Å². The van der Waals surface area contributed by atoms with Crippen molar-refractivity contribution in [1.29, 1.82) is 0 Å². The maximum atomic E-state index is 12.6. The van der Waals surface area contributed by atoms with Crippen molar-refractivity contribution in [1.82, 2.24) is 20.6 Å². The van der Waals surface area contributed by atoms with Gasteiger partial charge in [0, 0.05) is 23.6 Å². The summed E-state index contributed by atoms with van der Waals surface area (Å²) < 4.78 is 0. The number of pyridine rings is 2. The van der Waals surface area contributed by atoms with E-state index in [2.05, 4.69) is 25.9 Å². The minimum atomic E-state index is -0.755. The summed E-state index contributed by atoms with van der Waals surface area (Å²) >= 11 is 0. The fourth-order valence-corrected chi connectivity index (χ4v) is 5.20. The molecule has 2 aromatic heterocycles. The molecule has 0 radical (unpaired) electrons. The van der Waals surface area contributed by atoms with Crippen LogP contribution in [0.3, 0.4) is 0 Å². The van der Waals surface area contributed by atoms with Crippen LogP contribution in [0.5, 0.6) is 0 Å². The van der Waals surface area contributed by atoms with Crippen molar-refractivity contribution in [3.63, 3.8) is 0 Å². The molecular weight excluding hydrogens is 412 g/mol. The van der Waals surface area contributed by atoms with E-state index in [4.69, 9.17) is 5.73 Å². The number of primary amides is 1. The third kappa shape index (κ3) is 3.28. The molecule has 1 aliphatic heterocycles. The molecule has 2 bridgehead atoms. The quantitative estimate of drug-likeness (QED) is 0.479. The zero-order chi connectivity index (χ0) is 22.5. The molecule has 3 aliphatic carbocycles. The number of imide groups is 1. The second-order valence-corrected chi connectivity index (χ2v) is 8.87. The molecule has 1 saturated heterocycles. The van der Waals surface area contributed by atoms with Crippen LogP contribution in [0.4, 0.5) is 5.82 Å². The second kappa shape index (κ2) is 7.11. The molecule has 1 unspecified atom stereocenters. The Labute approximate surface area is 183 Å². The molecule has 6 rings (SSSR count). The Morgan fingerprint density at radius 3 is 2.62 bits per heavy atom. The van der Waals surface area contributed by atoms with Crippen molar-refractivity contribution < 1.29 is 19.2 Å². The summed E-state index contributed by atoms with van der Waals surface area (Å²) in [4.78, 5) is 56.0. The fourth-order valence-electron chi connectivity index (χ4n) is 5.20. The molecule has 5 N–H and O–H groups in total. The van der Waals surface area contributed by atoms with Crippen LogP contribution < -0.4 is 21.7 Å². The van der Waals surface area contributed by atoms with E-state index in [9.17, 15) is 19.2 Å². The minimum absolute atomic E-state index is 0.105. The number of rotatable bonds is 6. The maximum Gasteiger partial charge on any atom is 0.270 e. The number of anilines is 1. The van der Waals surface area contributed by atoms with Gasteiger partial charge in [-0.1, -0.05) is 12.1 Å². The lowest BCUT2D eigenvalue weighted by Crippen LogP contribution is -2.73. The number of carbonyl (C=O) groups is 4. The molecule has 32 heavy (non-hydrogen) atoms. The molecule has 4 amide bonds. The molecule has 4 aliphatic rings. The van der Waals surface area contributed by atoms with Crippen molar-refractivity contribution in [2.24, 2.45) is 5.73 Å². The van der Waals surface area contributed by atoms with Gasteiger partial charge in [-0.2, -0.15) is 0 Å². The van der Waals surface area contributed by atoms with Crippen LogP contribution in [0.1, 0.15) is 58.6 Å². The van der Waals surface area contributed by atoms with Crippen LogP contribution in [0.25, 0.3) is 0 Å². The molecule has 164 valence electrons. The maximum absolute atomic E-state index is 12.6. The van der Waals surface area contributed by atoms with Crippen molar-refractivity contribution in [3.05, 3.63) is 53.5 Å². The van der Waals surface area contributed by atoms with Crippen molar-refractivity contribution >= 4 is 29.4 Å². The molecule has 0 aromatic carbocycles. The number of hydrogen-bond acceptors (Lipinski definition) is 7. The lowest BCUT2D eigenvalue weighted by molar-refractivity contribution is -0.134. The highest BCUT2D eigenvalue weighted by atomic mass is 16.2. The molecule has 1 atom stereocenters. The standard InChI is InChI=1S/C22H22N6O4/c23-18(30)17-12(3-2-8-24-17)21-9-22(10-21,11-21)28-15-5-1-4-13(25-15)19(31)26-14-6-7-16(29)27-20(14)32/h1-5,8,14H,6-7,9-11H2,(H2,23,30)(H,25,28)(H,26,31)(H,27,29,32). The highest BCUT2D eigenvalue weighted by molar-refractivity contribution is 6.03. The van der Waals surface area contributed by atoms with Gasteiger partial charge in [0.15, 0.2) is 0 Å². The smallest absolute Gasteiger partial charge is 0.270 e. The molecule has 0 spiro atoms. The van der Waals surface area contributed by atoms with E-state index in [-0.39, 0.29) is 35.4 Å². The summed E-state index contributed by atoms with van der Waals surface area (Å²) in [6.45, 7) is 0. The first-order valence-corrected chi connectivity index (χ1v) is 10.4. The molecule has 10 heteroatoms. The zero-order valence-electron chi connectivity index (χ0n) is 17.2. The third-order valence-corrected chi connectivity index (χ3v) is 6.56. The van der Waals surface area contributed by atoms with Crippen LogP contribution in [-0.2, 0) is 15.0 Å². The van der Waals surface area contributed by atoms with Gasteiger partial charge in [0.1, 0.15) is 23.2 Å². The molecule has 4 fully saturated rings. The van der Waals surface area contributed by atoms with Gasteiger partial charge in [-0.3, -0.25) is 29.5 Å². The monoisotopic (exact) mass is 434 g/mol. The van der Waals surface area contributed by atoms with Gasteiger partial charge in [0.25, 0.3) is 11.8 Å². The summed E-state index contributed by atoms with van der Waals surface area (Å²) in [5.41, 5.74) is 6.64. The summed E-state index contributed by atoms with van der Waals surface area (Å²) in [5, 5.41) is 8.28. The van der Waals surface area contributed by atoms with Gasteiger partial charge in [0.2, 0.25) is 11.8 Å². The van der Waals surface area contributed by atoms with Crippen LogP contribution >= 0.6 is 0 Å². The van der Waals surface area contributed by atoms with Crippen LogP contribution in [-0.4, -0.2) is 45.2 Å². The SMILES string of the molecule is NC(=O)c1ncccc1C12CC(Nc3cccc(C(=O)NC4CCC(=O)NC4=O)n3)(C1)C2. The number of carbonyl (C=O) groups excluding carboxylic acids is 4. The number of piperidine rings is 1. The number of hydrogen-bond donors (Lipinski definition) is 4. The number of nitrogens with zero attached hydrogens (tertiary/aromatic N) is 2. The van der Waals surface area contributed by atoms with Crippen LogP contribution in [0.2, 0.25) is 0 Å². The minimum Gasteiger partial charge on any atom is -0.365 e. The summed E-state index contributed by atoms with van der Waals surface area (Å²) in [6, 6.07) is 8.06. The highest BCUT2D eigenvalue weighted by Crippen LogP contribution is 2.69.